The molecule has 18 heavy (non-hydrogen) atoms. The minimum absolute atomic E-state index is 0.445. The van der Waals surface area contributed by atoms with Gasteiger partial charge in [-0.15, -0.1) is 0 Å². The average molecular weight is 246 g/mol. The van der Waals surface area contributed by atoms with Crippen molar-refractivity contribution in [2.75, 3.05) is 18.5 Å². The van der Waals surface area contributed by atoms with Crippen LogP contribution in [0.1, 0.15) is 51.1 Å². The van der Waals surface area contributed by atoms with Gasteiger partial charge >= 0.3 is 0 Å². The Morgan fingerprint density at radius 2 is 1.83 bits per heavy atom. The molecule has 0 aromatic heterocycles. The van der Waals surface area contributed by atoms with Crippen LogP contribution >= 0.6 is 0 Å². The average Bonchev–Trinajstić information content (AvgIpc) is 2.92. The number of hydrogen-bond acceptors (Lipinski definition) is 2. The normalized spacial score (nSPS) is 17.9. The zero-order chi connectivity index (χ0) is 13.0. The van der Waals surface area contributed by atoms with Crippen LogP contribution in [-0.2, 0) is 0 Å². The molecule has 1 fully saturated rings. The van der Waals surface area contributed by atoms with E-state index in [2.05, 4.69) is 55.4 Å². The highest BCUT2D eigenvalue weighted by Gasteiger charge is 2.19. The molecule has 2 rings (SSSR count). The number of nitrogens with one attached hydrogen (secondary N) is 1. The molecule has 0 heterocycles. The largest absolute Gasteiger partial charge is 0.372 e. The summed E-state index contributed by atoms with van der Waals surface area (Å²) in [6, 6.07) is 10.2. The van der Waals surface area contributed by atoms with E-state index in [1.807, 2.05) is 0 Å². The highest BCUT2D eigenvalue weighted by Crippen LogP contribution is 2.27. The first-order valence-corrected chi connectivity index (χ1v) is 7.28. The lowest BCUT2D eigenvalue weighted by molar-refractivity contribution is 0.597. The Morgan fingerprint density at radius 3 is 2.39 bits per heavy atom. The molecule has 1 aromatic carbocycles. The van der Waals surface area contributed by atoms with Crippen LogP contribution in [0.15, 0.2) is 24.3 Å². The molecular weight excluding hydrogens is 220 g/mol. The summed E-state index contributed by atoms with van der Waals surface area (Å²) in [4.78, 5) is 2.45. The molecule has 1 N–H and O–H groups in total. The molecule has 1 aromatic rings. The van der Waals surface area contributed by atoms with Gasteiger partial charge in [0.2, 0.25) is 0 Å². The van der Waals surface area contributed by atoms with Crippen molar-refractivity contribution in [2.24, 2.45) is 0 Å². The van der Waals surface area contributed by atoms with Crippen LogP contribution in [0.2, 0.25) is 0 Å². The molecule has 2 nitrogen and oxygen atoms in total. The van der Waals surface area contributed by atoms with E-state index in [9.17, 15) is 0 Å². The van der Waals surface area contributed by atoms with Crippen LogP contribution in [0.3, 0.4) is 0 Å². The number of nitrogens with zero attached hydrogens (tertiary/aromatic N) is 1. The summed E-state index contributed by atoms with van der Waals surface area (Å²) in [6.45, 7) is 5.39. The molecule has 0 bridgehead atoms. The van der Waals surface area contributed by atoms with E-state index in [4.69, 9.17) is 0 Å². The lowest BCUT2D eigenvalue weighted by Crippen LogP contribution is -2.28. The molecule has 0 amide bonds. The van der Waals surface area contributed by atoms with Gasteiger partial charge in [-0.3, -0.25) is 0 Å². The van der Waals surface area contributed by atoms with Gasteiger partial charge in [-0.1, -0.05) is 31.9 Å². The molecule has 2 heteroatoms. The SMILES string of the molecule is CCNC(C)c1ccc(N(C)C2CCCC2)cc1. The summed E-state index contributed by atoms with van der Waals surface area (Å²) in [6.07, 6.45) is 5.49. The summed E-state index contributed by atoms with van der Waals surface area (Å²) in [5.74, 6) is 0. The number of hydrogen-bond donors (Lipinski definition) is 1. The van der Waals surface area contributed by atoms with Gasteiger partial charge in [0, 0.05) is 24.8 Å². The molecule has 0 saturated heterocycles. The first kappa shape index (κ1) is 13.4. The van der Waals surface area contributed by atoms with Crippen molar-refractivity contribution in [2.45, 2.75) is 51.6 Å². The topological polar surface area (TPSA) is 15.3 Å². The molecule has 1 saturated carbocycles. The van der Waals surface area contributed by atoms with E-state index < -0.39 is 0 Å². The minimum atomic E-state index is 0.445. The van der Waals surface area contributed by atoms with Crippen LogP contribution in [-0.4, -0.2) is 19.6 Å². The number of rotatable bonds is 5. The zero-order valence-electron chi connectivity index (χ0n) is 11.9. The third kappa shape index (κ3) is 3.05. The summed E-state index contributed by atoms with van der Waals surface area (Å²) in [5.41, 5.74) is 2.73. The van der Waals surface area contributed by atoms with E-state index in [1.54, 1.807) is 0 Å². The third-order valence-corrected chi connectivity index (χ3v) is 4.18. The standard InChI is InChI=1S/C16H26N2/c1-4-17-13(2)14-9-11-16(12-10-14)18(3)15-7-5-6-8-15/h9-13,15,17H,4-8H2,1-3H3. The minimum Gasteiger partial charge on any atom is -0.372 e. The summed E-state index contributed by atoms with van der Waals surface area (Å²) in [5, 5.41) is 3.45. The third-order valence-electron chi connectivity index (χ3n) is 4.18. The van der Waals surface area contributed by atoms with Gasteiger partial charge < -0.3 is 10.2 Å². The van der Waals surface area contributed by atoms with Crippen molar-refractivity contribution < 1.29 is 0 Å². The van der Waals surface area contributed by atoms with E-state index >= 15 is 0 Å². The Hall–Kier alpha value is -1.02. The van der Waals surface area contributed by atoms with Crippen molar-refractivity contribution in [1.82, 2.24) is 5.32 Å². The van der Waals surface area contributed by atoms with Crippen molar-refractivity contribution in [3.63, 3.8) is 0 Å². The summed E-state index contributed by atoms with van der Waals surface area (Å²) < 4.78 is 0. The van der Waals surface area contributed by atoms with Crippen LogP contribution in [0.25, 0.3) is 0 Å². The molecule has 0 aliphatic heterocycles. The first-order valence-electron chi connectivity index (χ1n) is 7.28. The van der Waals surface area contributed by atoms with Gasteiger partial charge in [-0.05, 0) is 44.0 Å². The van der Waals surface area contributed by atoms with Crippen molar-refractivity contribution in [1.29, 1.82) is 0 Å². The first-order chi connectivity index (χ1) is 8.72. The van der Waals surface area contributed by atoms with Gasteiger partial charge in [0.1, 0.15) is 0 Å². The van der Waals surface area contributed by atoms with E-state index in [0.717, 1.165) is 12.6 Å². The fourth-order valence-electron chi connectivity index (χ4n) is 2.92. The quantitative estimate of drug-likeness (QED) is 0.851. The molecule has 1 aliphatic rings. The van der Waals surface area contributed by atoms with Gasteiger partial charge in [0.25, 0.3) is 0 Å². The second-order valence-electron chi connectivity index (χ2n) is 5.42. The molecular formula is C16H26N2. The van der Waals surface area contributed by atoms with Gasteiger partial charge in [-0.2, -0.15) is 0 Å². The lowest BCUT2D eigenvalue weighted by Gasteiger charge is -2.27. The lowest BCUT2D eigenvalue weighted by atomic mass is 10.1. The molecule has 1 unspecified atom stereocenters. The predicted octanol–water partition coefficient (Wildman–Crippen LogP) is 3.74. The number of benzene rings is 1. The highest BCUT2D eigenvalue weighted by molar-refractivity contribution is 5.48. The zero-order valence-corrected chi connectivity index (χ0v) is 11.9. The maximum atomic E-state index is 3.45. The second kappa shape index (κ2) is 6.24. The highest BCUT2D eigenvalue weighted by atomic mass is 15.1. The van der Waals surface area contributed by atoms with Crippen molar-refractivity contribution in [3.8, 4) is 0 Å². The monoisotopic (exact) mass is 246 g/mol. The second-order valence-corrected chi connectivity index (χ2v) is 5.42. The van der Waals surface area contributed by atoms with Crippen LogP contribution in [0.5, 0.6) is 0 Å². The summed E-state index contributed by atoms with van der Waals surface area (Å²) in [7, 11) is 2.23. The molecule has 1 aliphatic carbocycles. The Labute approximate surface area is 111 Å². The van der Waals surface area contributed by atoms with Crippen LogP contribution < -0.4 is 10.2 Å². The van der Waals surface area contributed by atoms with E-state index in [1.165, 1.54) is 36.9 Å². The predicted molar refractivity (Wildman–Crippen MR) is 79.2 cm³/mol. The fourth-order valence-corrected chi connectivity index (χ4v) is 2.92. The van der Waals surface area contributed by atoms with E-state index in [-0.39, 0.29) is 0 Å². The fraction of sp³-hybridized carbons (Fsp3) is 0.625. The Morgan fingerprint density at radius 1 is 1.22 bits per heavy atom. The molecule has 0 radical (unpaired) electrons. The molecule has 100 valence electrons. The Balaban J connectivity index is 2.02. The van der Waals surface area contributed by atoms with Crippen molar-refractivity contribution >= 4 is 5.69 Å². The van der Waals surface area contributed by atoms with Crippen molar-refractivity contribution in [3.05, 3.63) is 29.8 Å². The van der Waals surface area contributed by atoms with E-state index in [0.29, 0.717) is 6.04 Å². The van der Waals surface area contributed by atoms with Gasteiger partial charge in [-0.25, -0.2) is 0 Å². The van der Waals surface area contributed by atoms with Crippen LogP contribution in [0.4, 0.5) is 5.69 Å². The maximum Gasteiger partial charge on any atom is 0.0366 e. The number of anilines is 1. The van der Waals surface area contributed by atoms with Crippen LogP contribution in [0, 0.1) is 0 Å². The Kier molecular flexibility index (Phi) is 4.65. The smallest absolute Gasteiger partial charge is 0.0366 e. The summed E-state index contributed by atoms with van der Waals surface area (Å²) >= 11 is 0. The molecule has 1 atom stereocenters. The maximum absolute atomic E-state index is 3.45. The van der Waals surface area contributed by atoms with Gasteiger partial charge in [0.15, 0.2) is 0 Å². The molecule has 0 spiro atoms. The van der Waals surface area contributed by atoms with Gasteiger partial charge in [0.05, 0.1) is 0 Å². The Bertz CT molecular complexity index is 352.